The standard InChI is InChI=1S/C11H14N2O2/c1-7(2)6-13-10-5-8(12)3-4-9(10)11(14)15-13/h3-5,7H,6,12H2,1-2H3. The summed E-state index contributed by atoms with van der Waals surface area (Å²) in [7, 11) is 0. The Balaban J connectivity index is 2.64. The van der Waals surface area contributed by atoms with Crippen molar-refractivity contribution in [3.63, 3.8) is 0 Å². The van der Waals surface area contributed by atoms with Gasteiger partial charge in [0.15, 0.2) is 0 Å². The molecule has 0 aliphatic rings. The summed E-state index contributed by atoms with van der Waals surface area (Å²) in [5, 5.41) is 0.588. The minimum Gasteiger partial charge on any atom is -0.399 e. The van der Waals surface area contributed by atoms with Gasteiger partial charge in [0.05, 0.1) is 17.4 Å². The molecule has 0 saturated heterocycles. The molecule has 1 aromatic carbocycles. The van der Waals surface area contributed by atoms with Crippen LogP contribution in [0.4, 0.5) is 5.69 Å². The van der Waals surface area contributed by atoms with Crippen molar-refractivity contribution in [3.05, 3.63) is 28.6 Å². The number of fused-ring (bicyclic) bond motifs is 1. The number of hydrogen-bond donors (Lipinski definition) is 1. The van der Waals surface area contributed by atoms with Crippen LogP contribution in [0.5, 0.6) is 0 Å². The quantitative estimate of drug-likeness (QED) is 0.762. The number of nitrogen functional groups attached to an aromatic ring is 1. The van der Waals surface area contributed by atoms with E-state index in [1.165, 1.54) is 0 Å². The van der Waals surface area contributed by atoms with Crippen LogP contribution < -0.4 is 11.4 Å². The Morgan fingerprint density at radius 3 is 2.87 bits per heavy atom. The average Bonchev–Trinajstić information content (AvgIpc) is 2.42. The van der Waals surface area contributed by atoms with Gasteiger partial charge in [-0.3, -0.25) is 0 Å². The fraction of sp³-hybridized carbons (Fsp3) is 0.364. The van der Waals surface area contributed by atoms with E-state index < -0.39 is 0 Å². The summed E-state index contributed by atoms with van der Waals surface area (Å²) in [5.41, 5.74) is 6.79. The Hall–Kier alpha value is -1.71. The van der Waals surface area contributed by atoms with Gasteiger partial charge < -0.3 is 10.3 Å². The second kappa shape index (κ2) is 3.46. The number of hydrogen-bond acceptors (Lipinski definition) is 3. The van der Waals surface area contributed by atoms with Crippen LogP contribution in [0.3, 0.4) is 0 Å². The molecule has 4 nitrogen and oxygen atoms in total. The Morgan fingerprint density at radius 1 is 1.47 bits per heavy atom. The Bertz CT molecular complexity index is 537. The van der Waals surface area contributed by atoms with Crippen LogP contribution in [0, 0.1) is 5.92 Å². The zero-order chi connectivity index (χ0) is 11.0. The maximum atomic E-state index is 11.5. The third kappa shape index (κ3) is 1.75. The predicted octanol–water partition coefficient (Wildman–Crippen LogP) is 1.83. The lowest BCUT2D eigenvalue weighted by molar-refractivity contribution is 0.238. The molecule has 0 spiro atoms. The summed E-state index contributed by atoms with van der Waals surface area (Å²) in [6.07, 6.45) is 0. The van der Waals surface area contributed by atoms with Gasteiger partial charge in [0.2, 0.25) is 0 Å². The zero-order valence-electron chi connectivity index (χ0n) is 8.86. The van der Waals surface area contributed by atoms with Gasteiger partial charge in [-0.15, -0.1) is 0 Å². The lowest BCUT2D eigenvalue weighted by atomic mass is 10.2. The number of aromatic nitrogens is 1. The summed E-state index contributed by atoms with van der Waals surface area (Å²) < 4.78 is 6.75. The minimum absolute atomic E-state index is 0.300. The van der Waals surface area contributed by atoms with Crippen LogP contribution in [-0.4, -0.2) is 4.74 Å². The summed E-state index contributed by atoms with van der Waals surface area (Å²) in [6, 6.07) is 5.18. The average molecular weight is 206 g/mol. The molecule has 0 aliphatic carbocycles. The van der Waals surface area contributed by atoms with Crippen LogP contribution in [-0.2, 0) is 6.54 Å². The van der Waals surface area contributed by atoms with E-state index in [2.05, 4.69) is 13.8 Å². The number of rotatable bonds is 2. The summed E-state index contributed by atoms with van der Waals surface area (Å²) >= 11 is 0. The van der Waals surface area contributed by atoms with Crippen molar-refractivity contribution in [2.24, 2.45) is 5.92 Å². The molecule has 1 aromatic heterocycles. The molecule has 2 rings (SSSR count). The fourth-order valence-corrected chi connectivity index (χ4v) is 1.59. The van der Waals surface area contributed by atoms with Crippen LogP contribution in [0.1, 0.15) is 13.8 Å². The topological polar surface area (TPSA) is 61.2 Å². The van der Waals surface area contributed by atoms with Gasteiger partial charge in [-0.2, -0.15) is 0 Å². The predicted molar refractivity (Wildman–Crippen MR) is 59.7 cm³/mol. The van der Waals surface area contributed by atoms with Crippen LogP contribution in [0.15, 0.2) is 27.5 Å². The van der Waals surface area contributed by atoms with E-state index in [0.717, 1.165) is 5.52 Å². The van der Waals surface area contributed by atoms with E-state index in [1.807, 2.05) is 0 Å². The third-order valence-corrected chi connectivity index (χ3v) is 2.23. The van der Waals surface area contributed by atoms with Crippen LogP contribution in [0.2, 0.25) is 0 Å². The van der Waals surface area contributed by atoms with E-state index >= 15 is 0 Å². The van der Waals surface area contributed by atoms with E-state index in [0.29, 0.717) is 23.5 Å². The molecule has 1 heterocycles. The molecular formula is C11H14N2O2. The molecule has 4 heteroatoms. The summed E-state index contributed by atoms with van der Waals surface area (Å²) in [6.45, 7) is 4.82. The van der Waals surface area contributed by atoms with E-state index in [1.54, 1.807) is 22.9 Å². The zero-order valence-corrected chi connectivity index (χ0v) is 8.86. The normalized spacial score (nSPS) is 11.4. The molecule has 0 bridgehead atoms. The van der Waals surface area contributed by atoms with Crippen molar-refractivity contribution >= 4 is 16.6 Å². The second-order valence-corrected chi connectivity index (χ2v) is 4.11. The molecule has 80 valence electrons. The first-order chi connectivity index (χ1) is 7.08. The first kappa shape index (κ1) is 9.83. The molecule has 15 heavy (non-hydrogen) atoms. The molecular weight excluding hydrogens is 192 g/mol. The monoisotopic (exact) mass is 206 g/mol. The van der Waals surface area contributed by atoms with Gasteiger partial charge >= 0.3 is 5.63 Å². The highest BCUT2D eigenvalue weighted by atomic mass is 16.5. The van der Waals surface area contributed by atoms with Crippen molar-refractivity contribution in [3.8, 4) is 0 Å². The van der Waals surface area contributed by atoms with Crippen LogP contribution >= 0.6 is 0 Å². The van der Waals surface area contributed by atoms with Gasteiger partial charge in [-0.25, -0.2) is 9.53 Å². The first-order valence-corrected chi connectivity index (χ1v) is 4.97. The molecule has 0 atom stereocenters. The summed E-state index contributed by atoms with van der Waals surface area (Å²) in [4.78, 5) is 11.5. The molecule has 0 unspecified atom stereocenters. The van der Waals surface area contributed by atoms with E-state index in [9.17, 15) is 4.79 Å². The van der Waals surface area contributed by atoms with Crippen molar-refractivity contribution in [2.75, 3.05) is 5.73 Å². The molecule has 0 saturated carbocycles. The van der Waals surface area contributed by atoms with Crippen molar-refractivity contribution in [2.45, 2.75) is 20.4 Å². The van der Waals surface area contributed by atoms with E-state index in [-0.39, 0.29) is 5.63 Å². The van der Waals surface area contributed by atoms with Crippen molar-refractivity contribution in [1.82, 2.24) is 4.74 Å². The fourth-order valence-electron chi connectivity index (χ4n) is 1.59. The number of benzene rings is 1. The highest BCUT2D eigenvalue weighted by Gasteiger charge is 2.09. The maximum absolute atomic E-state index is 11.5. The highest BCUT2D eigenvalue weighted by Crippen LogP contribution is 2.16. The second-order valence-electron chi connectivity index (χ2n) is 4.11. The van der Waals surface area contributed by atoms with Gasteiger partial charge in [0, 0.05) is 5.69 Å². The molecule has 0 radical (unpaired) electrons. The van der Waals surface area contributed by atoms with Crippen molar-refractivity contribution in [1.29, 1.82) is 0 Å². The molecule has 0 fully saturated rings. The van der Waals surface area contributed by atoms with Gasteiger partial charge in [0.1, 0.15) is 0 Å². The van der Waals surface area contributed by atoms with Gasteiger partial charge in [-0.1, -0.05) is 13.8 Å². The Kier molecular flexibility index (Phi) is 2.26. The number of nitrogens with two attached hydrogens (primary N) is 1. The third-order valence-electron chi connectivity index (χ3n) is 2.23. The summed E-state index contributed by atoms with van der Waals surface area (Å²) in [5.74, 6) is 0.421. The molecule has 2 aromatic rings. The highest BCUT2D eigenvalue weighted by molar-refractivity contribution is 5.80. The van der Waals surface area contributed by atoms with Gasteiger partial charge in [-0.05, 0) is 24.1 Å². The maximum Gasteiger partial charge on any atom is 0.365 e. The Morgan fingerprint density at radius 2 is 2.20 bits per heavy atom. The molecule has 0 amide bonds. The minimum atomic E-state index is -0.300. The molecule has 0 aliphatic heterocycles. The van der Waals surface area contributed by atoms with Crippen molar-refractivity contribution < 1.29 is 4.52 Å². The number of nitrogens with zero attached hydrogens (tertiary/aromatic N) is 1. The first-order valence-electron chi connectivity index (χ1n) is 4.97. The Labute approximate surface area is 87.2 Å². The lowest BCUT2D eigenvalue weighted by Gasteiger charge is -2.05. The number of anilines is 1. The lowest BCUT2D eigenvalue weighted by Crippen LogP contribution is -2.03. The molecule has 2 N–H and O–H groups in total. The largest absolute Gasteiger partial charge is 0.399 e. The SMILES string of the molecule is CC(C)Cn1oc(=O)c2ccc(N)cc21. The smallest absolute Gasteiger partial charge is 0.365 e. The van der Waals surface area contributed by atoms with E-state index in [4.69, 9.17) is 10.3 Å². The van der Waals surface area contributed by atoms with Crippen LogP contribution in [0.25, 0.3) is 10.9 Å². The van der Waals surface area contributed by atoms with Gasteiger partial charge in [0.25, 0.3) is 0 Å².